The molecule has 0 bridgehead atoms. The Kier molecular flexibility index (Phi) is 7.96. The molecule has 2 rings (SSSR count). The molecule has 0 amide bonds. The van der Waals surface area contributed by atoms with E-state index >= 15 is 0 Å². The molecule has 4 heteroatoms. The third kappa shape index (κ3) is 5.44. The molecule has 0 aliphatic rings. The van der Waals surface area contributed by atoms with Gasteiger partial charge in [-0.05, 0) is 35.1 Å². The summed E-state index contributed by atoms with van der Waals surface area (Å²) >= 11 is 0. The molecule has 0 saturated heterocycles. The Morgan fingerprint density at radius 3 is 1.38 bits per heavy atom. The Morgan fingerprint density at radius 1 is 0.759 bits per heavy atom. The maximum absolute atomic E-state index is 12.8. The molecule has 0 unspecified atom stereocenters. The second-order valence-electron chi connectivity index (χ2n) is 6.83. The summed E-state index contributed by atoms with van der Waals surface area (Å²) in [5, 5.41) is 0. The van der Waals surface area contributed by atoms with Gasteiger partial charge in [0, 0.05) is 0 Å². The van der Waals surface area contributed by atoms with Crippen molar-refractivity contribution < 1.29 is 19.1 Å². The first kappa shape index (κ1) is 22.2. The molecule has 4 nitrogen and oxygen atoms in total. The van der Waals surface area contributed by atoms with Crippen LogP contribution in [0.3, 0.4) is 0 Å². The van der Waals surface area contributed by atoms with Gasteiger partial charge in [0.1, 0.15) is 13.2 Å². The highest BCUT2D eigenvalue weighted by Crippen LogP contribution is 2.31. The third-order valence-corrected chi connectivity index (χ3v) is 5.16. The van der Waals surface area contributed by atoms with Crippen LogP contribution >= 0.6 is 0 Å². The van der Waals surface area contributed by atoms with Crippen molar-refractivity contribution in [1.82, 2.24) is 0 Å². The summed E-state index contributed by atoms with van der Waals surface area (Å²) in [6.07, 6.45) is 4.11. The van der Waals surface area contributed by atoms with Gasteiger partial charge in [-0.15, -0.1) is 0 Å². The van der Waals surface area contributed by atoms with Crippen LogP contribution in [0.2, 0.25) is 0 Å². The Hall–Kier alpha value is -3.14. The van der Waals surface area contributed by atoms with E-state index < -0.39 is 17.4 Å². The summed E-state index contributed by atoms with van der Waals surface area (Å²) in [5.74, 6) is -1.11. The van der Waals surface area contributed by atoms with Crippen LogP contribution in [-0.4, -0.2) is 11.9 Å². The van der Waals surface area contributed by atoms with Crippen molar-refractivity contribution >= 4 is 24.1 Å². The lowest BCUT2D eigenvalue weighted by molar-refractivity contribution is -0.175. The monoisotopic (exact) mass is 392 g/mol. The number of rotatable bonds is 10. The molecule has 0 atom stereocenters. The lowest BCUT2D eigenvalue weighted by Crippen LogP contribution is -2.41. The smallest absolute Gasteiger partial charge is 0.323 e. The average molecular weight is 392 g/mol. The largest absolute Gasteiger partial charge is 0.460 e. The van der Waals surface area contributed by atoms with Gasteiger partial charge in [-0.2, -0.15) is 0 Å². The minimum atomic E-state index is -1.30. The van der Waals surface area contributed by atoms with Crippen LogP contribution in [0.25, 0.3) is 12.2 Å². The fourth-order valence-corrected chi connectivity index (χ4v) is 2.98. The van der Waals surface area contributed by atoms with E-state index in [-0.39, 0.29) is 13.2 Å². The summed E-state index contributed by atoms with van der Waals surface area (Å²) in [6.45, 7) is 11.2. The number of hydrogen-bond donors (Lipinski definition) is 0. The molecular weight excluding hydrogens is 364 g/mol. The minimum Gasteiger partial charge on any atom is -0.460 e. The molecule has 0 N–H and O–H groups in total. The topological polar surface area (TPSA) is 52.6 Å². The van der Waals surface area contributed by atoms with Crippen molar-refractivity contribution in [2.24, 2.45) is 5.41 Å². The van der Waals surface area contributed by atoms with Crippen LogP contribution in [0.1, 0.15) is 48.9 Å². The van der Waals surface area contributed by atoms with E-state index in [4.69, 9.17) is 9.47 Å². The van der Waals surface area contributed by atoms with Crippen LogP contribution in [0.15, 0.2) is 61.7 Å². The van der Waals surface area contributed by atoms with Crippen LogP contribution in [0, 0.1) is 5.41 Å². The first-order chi connectivity index (χ1) is 14.0. The molecular formula is C25H28O4. The van der Waals surface area contributed by atoms with Gasteiger partial charge < -0.3 is 9.47 Å². The van der Waals surface area contributed by atoms with Crippen molar-refractivity contribution in [2.75, 3.05) is 0 Å². The van der Waals surface area contributed by atoms with Crippen molar-refractivity contribution in [3.05, 3.63) is 83.9 Å². The highest BCUT2D eigenvalue weighted by molar-refractivity contribution is 6.00. The van der Waals surface area contributed by atoms with E-state index in [1.807, 2.05) is 48.5 Å². The molecule has 2 aromatic carbocycles. The first-order valence-corrected chi connectivity index (χ1v) is 9.76. The molecule has 0 aliphatic carbocycles. The van der Waals surface area contributed by atoms with Gasteiger partial charge in [0.05, 0.1) is 0 Å². The van der Waals surface area contributed by atoms with Crippen LogP contribution in [-0.2, 0) is 32.3 Å². The molecule has 2 aromatic rings. The van der Waals surface area contributed by atoms with E-state index in [2.05, 4.69) is 13.2 Å². The number of carbonyl (C=O) groups is 2. The number of hydrogen-bond acceptors (Lipinski definition) is 4. The van der Waals surface area contributed by atoms with Gasteiger partial charge in [-0.1, -0.05) is 87.7 Å². The molecule has 29 heavy (non-hydrogen) atoms. The van der Waals surface area contributed by atoms with E-state index in [1.165, 1.54) is 0 Å². The molecule has 0 heterocycles. The third-order valence-electron chi connectivity index (χ3n) is 5.16. The molecule has 0 aliphatic heterocycles. The number of benzene rings is 2. The Balaban J connectivity index is 2.02. The second kappa shape index (κ2) is 10.4. The van der Waals surface area contributed by atoms with Gasteiger partial charge in [0.25, 0.3) is 0 Å². The summed E-state index contributed by atoms with van der Waals surface area (Å²) in [5.41, 5.74) is 2.37. The summed E-state index contributed by atoms with van der Waals surface area (Å²) in [6, 6.07) is 15.1. The summed E-state index contributed by atoms with van der Waals surface area (Å²) in [7, 11) is 0. The van der Waals surface area contributed by atoms with Crippen molar-refractivity contribution in [1.29, 1.82) is 0 Å². The van der Waals surface area contributed by atoms with Gasteiger partial charge >= 0.3 is 11.9 Å². The molecule has 0 saturated carbocycles. The van der Waals surface area contributed by atoms with E-state index in [9.17, 15) is 9.59 Å². The number of esters is 2. The Morgan fingerprint density at radius 2 is 1.10 bits per heavy atom. The fraction of sp³-hybridized carbons (Fsp3) is 0.280. The van der Waals surface area contributed by atoms with Gasteiger partial charge in [-0.25, -0.2) is 0 Å². The zero-order chi connectivity index (χ0) is 21.3. The lowest BCUT2D eigenvalue weighted by Gasteiger charge is -2.27. The van der Waals surface area contributed by atoms with Crippen molar-refractivity contribution in [2.45, 2.75) is 39.9 Å². The Labute approximate surface area is 172 Å². The fourth-order valence-electron chi connectivity index (χ4n) is 2.98. The predicted octanol–water partition coefficient (Wildman–Crippen LogP) is 5.57. The zero-order valence-electron chi connectivity index (χ0n) is 17.1. The number of ether oxygens (including phenoxy) is 2. The Bertz CT molecular complexity index is 774. The van der Waals surface area contributed by atoms with Crippen LogP contribution in [0.5, 0.6) is 0 Å². The molecule has 0 radical (unpaired) electrons. The van der Waals surface area contributed by atoms with Crippen molar-refractivity contribution in [3.63, 3.8) is 0 Å². The predicted molar refractivity (Wildman–Crippen MR) is 116 cm³/mol. The summed E-state index contributed by atoms with van der Waals surface area (Å²) < 4.78 is 11.0. The average Bonchev–Trinajstić information content (AvgIpc) is 2.78. The normalized spacial score (nSPS) is 10.8. The maximum Gasteiger partial charge on any atom is 0.323 e. The van der Waals surface area contributed by atoms with Gasteiger partial charge in [0.15, 0.2) is 5.41 Å². The van der Waals surface area contributed by atoms with Crippen LogP contribution in [0.4, 0.5) is 0 Å². The number of carbonyl (C=O) groups excluding carboxylic acids is 2. The lowest BCUT2D eigenvalue weighted by atomic mass is 9.82. The van der Waals surface area contributed by atoms with Crippen molar-refractivity contribution in [3.8, 4) is 0 Å². The minimum absolute atomic E-state index is 0.105. The molecule has 0 aromatic heterocycles. The van der Waals surface area contributed by atoms with E-state index in [0.717, 1.165) is 22.3 Å². The quantitative estimate of drug-likeness (QED) is 0.392. The molecule has 0 fully saturated rings. The van der Waals surface area contributed by atoms with Gasteiger partial charge in [-0.3, -0.25) is 9.59 Å². The second-order valence-corrected chi connectivity index (χ2v) is 6.83. The van der Waals surface area contributed by atoms with Gasteiger partial charge in [0.2, 0.25) is 0 Å². The van der Waals surface area contributed by atoms with Crippen LogP contribution < -0.4 is 0 Å². The molecule has 0 spiro atoms. The highest BCUT2D eigenvalue weighted by atomic mass is 16.6. The molecule has 152 valence electrons. The zero-order valence-corrected chi connectivity index (χ0v) is 17.1. The van der Waals surface area contributed by atoms with E-state index in [1.54, 1.807) is 26.0 Å². The summed E-state index contributed by atoms with van der Waals surface area (Å²) in [4.78, 5) is 25.6. The first-order valence-electron chi connectivity index (χ1n) is 9.76. The standard InChI is InChI=1S/C25H28O4/c1-5-19-9-13-21(14-10-19)17-28-23(26)25(7-3,8-4)24(27)29-18-22-15-11-20(6-2)12-16-22/h5-6,9-16H,1-2,7-8,17-18H2,3-4H3. The SMILES string of the molecule is C=Cc1ccc(COC(=O)C(CC)(CC)C(=O)OCc2ccc(C=C)cc2)cc1. The highest BCUT2D eigenvalue weighted by Gasteiger charge is 2.46. The van der Waals surface area contributed by atoms with E-state index in [0.29, 0.717) is 12.8 Å². The maximum atomic E-state index is 12.8.